The van der Waals surface area contributed by atoms with Crippen LogP contribution in [0, 0.1) is 5.41 Å². The van der Waals surface area contributed by atoms with Crippen LogP contribution in [0.3, 0.4) is 0 Å². The van der Waals surface area contributed by atoms with Crippen molar-refractivity contribution in [1.82, 2.24) is 19.7 Å². The van der Waals surface area contributed by atoms with Gasteiger partial charge >= 0.3 is 0 Å². The standard InChI is InChI=1S/C23H35ClN5O4P/c1-3-31-34(32-4-2)16-30-13-17-8-9-19(33-17)29-21-18(12-25-29)20(26-22(24)27-21)28-14-23(15-28)10-6-5-7-11-23/h12,17,19H,3-11,13-16H2,1-2H3. The fourth-order valence-corrected chi connectivity index (χ4v) is 6.73. The summed E-state index contributed by atoms with van der Waals surface area (Å²) in [5.74, 6) is 0.899. The second-order valence-electron chi connectivity index (χ2n) is 9.52. The Labute approximate surface area is 207 Å². The Hall–Kier alpha value is -1.09. The van der Waals surface area contributed by atoms with Gasteiger partial charge in [0.2, 0.25) is 5.28 Å². The summed E-state index contributed by atoms with van der Waals surface area (Å²) < 4.78 is 25.2. The molecule has 2 unspecified atom stereocenters. The largest absolute Gasteiger partial charge is 0.369 e. The van der Waals surface area contributed by atoms with Gasteiger partial charge in [-0.2, -0.15) is 15.1 Å². The van der Waals surface area contributed by atoms with Gasteiger partial charge in [0.15, 0.2) is 20.3 Å². The number of anilines is 1. The lowest BCUT2D eigenvalue weighted by atomic mass is 9.68. The van der Waals surface area contributed by atoms with E-state index >= 15 is 0 Å². The van der Waals surface area contributed by atoms with Gasteiger partial charge in [0.05, 0.1) is 37.5 Å². The highest BCUT2D eigenvalue weighted by Gasteiger charge is 2.44. The second kappa shape index (κ2) is 10.9. The molecule has 11 heteroatoms. The summed E-state index contributed by atoms with van der Waals surface area (Å²) in [6, 6.07) is 0. The Bertz CT molecular complexity index is 958. The molecule has 2 aliphatic heterocycles. The van der Waals surface area contributed by atoms with Gasteiger partial charge in [0.1, 0.15) is 12.2 Å². The van der Waals surface area contributed by atoms with E-state index < -0.39 is 8.38 Å². The lowest BCUT2D eigenvalue weighted by Crippen LogP contribution is -2.57. The number of ether oxygens (including phenoxy) is 2. The quantitative estimate of drug-likeness (QED) is 0.314. The molecule has 0 radical (unpaired) electrons. The van der Waals surface area contributed by atoms with Crippen LogP contribution in [0.15, 0.2) is 6.20 Å². The van der Waals surface area contributed by atoms with E-state index in [2.05, 4.69) is 20.0 Å². The molecule has 1 aliphatic carbocycles. The lowest BCUT2D eigenvalue weighted by Gasteiger charge is -2.53. The molecule has 9 nitrogen and oxygen atoms in total. The highest BCUT2D eigenvalue weighted by molar-refractivity contribution is 7.47. The van der Waals surface area contributed by atoms with Crippen molar-refractivity contribution in [3.8, 4) is 0 Å². The third-order valence-electron chi connectivity index (χ3n) is 7.08. The number of hydrogen-bond acceptors (Lipinski definition) is 8. The molecule has 0 amide bonds. The Kier molecular flexibility index (Phi) is 7.88. The Morgan fingerprint density at radius 3 is 2.62 bits per heavy atom. The number of rotatable bonds is 10. The molecule has 2 aromatic heterocycles. The molecular formula is C23H35ClN5O4P. The first-order chi connectivity index (χ1) is 16.6. The van der Waals surface area contributed by atoms with Crippen LogP contribution in [0.25, 0.3) is 11.0 Å². The maximum Gasteiger partial charge on any atom is 0.226 e. The molecule has 3 aliphatic rings. The van der Waals surface area contributed by atoms with Gasteiger partial charge in [0, 0.05) is 18.5 Å². The summed E-state index contributed by atoms with van der Waals surface area (Å²) in [7, 11) is -1.00. The van der Waals surface area contributed by atoms with E-state index in [9.17, 15) is 0 Å². The van der Waals surface area contributed by atoms with E-state index in [1.807, 2.05) is 24.7 Å². The molecule has 1 spiro atoms. The monoisotopic (exact) mass is 511 g/mol. The highest BCUT2D eigenvalue weighted by Crippen LogP contribution is 2.46. The van der Waals surface area contributed by atoms with Gasteiger partial charge in [-0.05, 0) is 51.1 Å². The molecule has 2 atom stereocenters. The average molecular weight is 512 g/mol. The van der Waals surface area contributed by atoms with E-state index in [0.717, 1.165) is 42.8 Å². The van der Waals surface area contributed by atoms with Gasteiger partial charge in [-0.3, -0.25) is 0 Å². The van der Waals surface area contributed by atoms with Crippen molar-refractivity contribution in [2.45, 2.75) is 71.1 Å². The molecule has 2 aromatic rings. The summed E-state index contributed by atoms with van der Waals surface area (Å²) in [4.78, 5) is 11.5. The van der Waals surface area contributed by atoms with Crippen molar-refractivity contribution in [1.29, 1.82) is 0 Å². The maximum absolute atomic E-state index is 6.37. The molecule has 188 valence electrons. The summed E-state index contributed by atoms with van der Waals surface area (Å²) in [6.07, 6.45) is 10.6. The zero-order chi connectivity index (χ0) is 23.5. The number of halogens is 1. The average Bonchev–Trinajstić information content (AvgIpc) is 3.44. The number of aromatic nitrogens is 4. The first kappa shape index (κ1) is 24.6. The molecular weight excluding hydrogens is 477 g/mol. The van der Waals surface area contributed by atoms with Crippen molar-refractivity contribution >= 4 is 36.8 Å². The molecule has 1 saturated carbocycles. The van der Waals surface area contributed by atoms with E-state index in [1.165, 1.54) is 32.1 Å². The van der Waals surface area contributed by atoms with Crippen LogP contribution < -0.4 is 4.90 Å². The van der Waals surface area contributed by atoms with E-state index in [1.54, 1.807) is 0 Å². The predicted molar refractivity (Wildman–Crippen MR) is 132 cm³/mol. The fraction of sp³-hybridized carbons (Fsp3) is 0.783. The Morgan fingerprint density at radius 2 is 1.88 bits per heavy atom. The van der Waals surface area contributed by atoms with E-state index in [0.29, 0.717) is 31.6 Å². The molecule has 34 heavy (non-hydrogen) atoms. The molecule has 0 N–H and O–H groups in total. The van der Waals surface area contributed by atoms with Gasteiger partial charge in [0.25, 0.3) is 0 Å². The van der Waals surface area contributed by atoms with Crippen LogP contribution in [-0.2, 0) is 18.5 Å². The van der Waals surface area contributed by atoms with Crippen LogP contribution in [0.5, 0.6) is 0 Å². The molecule has 4 heterocycles. The Morgan fingerprint density at radius 1 is 1.12 bits per heavy atom. The predicted octanol–water partition coefficient (Wildman–Crippen LogP) is 5.29. The zero-order valence-corrected chi connectivity index (χ0v) is 21.8. The minimum atomic E-state index is -1.00. The summed E-state index contributed by atoms with van der Waals surface area (Å²) in [5, 5.41) is 5.84. The molecule has 0 aromatic carbocycles. The number of fused-ring (bicyclic) bond motifs is 1. The number of nitrogens with zero attached hydrogens (tertiary/aromatic N) is 5. The number of hydrogen-bond donors (Lipinski definition) is 0. The van der Waals surface area contributed by atoms with Gasteiger partial charge in [-0.1, -0.05) is 19.3 Å². The van der Waals surface area contributed by atoms with Crippen molar-refractivity contribution < 1.29 is 18.5 Å². The summed E-state index contributed by atoms with van der Waals surface area (Å²) in [6.45, 7) is 7.77. The molecule has 2 saturated heterocycles. The summed E-state index contributed by atoms with van der Waals surface area (Å²) in [5.41, 5.74) is 1.20. The third-order valence-corrected chi connectivity index (χ3v) is 8.73. The Balaban J connectivity index is 1.22. The van der Waals surface area contributed by atoms with Crippen LogP contribution in [0.1, 0.15) is 65.0 Å². The SMILES string of the molecule is CCOP(COCC1CCC(n2ncc3c(N4CC5(CCCCC5)C4)nc(Cl)nc32)O1)OCC. The first-order valence-corrected chi connectivity index (χ1v) is 14.3. The smallest absolute Gasteiger partial charge is 0.226 e. The van der Waals surface area contributed by atoms with Gasteiger partial charge < -0.3 is 23.4 Å². The van der Waals surface area contributed by atoms with Crippen LogP contribution in [0.2, 0.25) is 5.28 Å². The maximum atomic E-state index is 6.37. The molecule has 0 bridgehead atoms. The minimum absolute atomic E-state index is 0.00248. The minimum Gasteiger partial charge on any atom is -0.369 e. The summed E-state index contributed by atoms with van der Waals surface area (Å²) >= 11 is 6.37. The van der Waals surface area contributed by atoms with E-state index in [-0.39, 0.29) is 17.6 Å². The zero-order valence-electron chi connectivity index (χ0n) is 20.1. The molecule has 3 fully saturated rings. The van der Waals surface area contributed by atoms with Crippen molar-refractivity contribution in [3.63, 3.8) is 0 Å². The van der Waals surface area contributed by atoms with Crippen molar-refractivity contribution in [2.24, 2.45) is 5.41 Å². The van der Waals surface area contributed by atoms with E-state index in [4.69, 9.17) is 30.1 Å². The van der Waals surface area contributed by atoms with Gasteiger partial charge in [-0.15, -0.1) is 0 Å². The first-order valence-electron chi connectivity index (χ1n) is 12.5. The normalized spacial score (nSPS) is 24.4. The van der Waals surface area contributed by atoms with Crippen molar-refractivity contribution in [3.05, 3.63) is 11.5 Å². The van der Waals surface area contributed by atoms with Crippen molar-refractivity contribution in [2.75, 3.05) is 44.2 Å². The topological polar surface area (TPSA) is 83.8 Å². The van der Waals surface area contributed by atoms with Gasteiger partial charge in [-0.25, -0.2) is 4.68 Å². The fourth-order valence-electron chi connectivity index (χ4n) is 5.52. The highest BCUT2D eigenvalue weighted by atomic mass is 35.5. The molecule has 5 rings (SSSR count). The van der Waals surface area contributed by atoms with Crippen LogP contribution >= 0.6 is 20.0 Å². The second-order valence-corrected chi connectivity index (χ2v) is 11.3. The van der Waals surface area contributed by atoms with Crippen LogP contribution in [-0.4, -0.2) is 65.1 Å². The lowest BCUT2D eigenvalue weighted by molar-refractivity contribution is -0.0389. The third kappa shape index (κ3) is 5.20. The van der Waals surface area contributed by atoms with Crippen LogP contribution in [0.4, 0.5) is 5.82 Å².